The number of furan rings is 1. The summed E-state index contributed by atoms with van der Waals surface area (Å²) in [4.78, 5) is 2.38. The Kier molecular flexibility index (Phi) is 4.20. The molecule has 1 fully saturated rings. The Morgan fingerprint density at radius 2 is 2.41 bits per heavy atom. The highest BCUT2D eigenvalue weighted by Gasteiger charge is 2.30. The van der Waals surface area contributed by atoms with Crippen LogP contribution >= 0.6 is 0 Å². The van der Waals surface area contributed by atoms with Crippen LogP contribution in [0, 0.1) is 0 Å². The summed E-state index contributed by atoms with van der Waals surface area (Å²) in [5.74, 6) is 0.966. The molecular weight excluding hydrogens is 216 g/mol. The van der Waals surface area contributed by atoms with Crippen molar-refractivity contribution >= 4 is 0 Å². The van der Waals surface area contributed by atoms with Gasteiger partial charge >= 0.3 is 0 Å². The summed E-state index contributed by atoms with van der Waals surface area (Å²) < 4.78 is 11.1. The van der Waals surface area contributed by atoms with Gasteiger partial charge in [0.05, 0.1) is 25.0 Å². The number of hydrogen-bond donors (Lipinski definition) is 1. The highest BCUT2D eigenvalue weighted by atomic mass is 16.5. The van der Waals surface area contributed by atoms with Crippen LogP contribution in [-0.4, -0.2) is 36.7 Å². The Morgan fingerprint density at radius 3 is 3.00 bits per heavy atom. The number of ether oxygens (including phenoxy) is 1. The molecule has 2 rings (SSSR count). The van der Waals surface area contributed by atoms with Crippen LogP contribution in [0.4, 0.5) is 0 Å². The van der Waals surface area contributed by atoms with Crippen molar-refractivity contribution in [2.24, 2.45) is 5.73 Å². The van der Waals surface area contributed by atoms with Crippen LogP contribution in [0.3, 0.4) is 0 Å². The first-order chi connectivity index (χ1) is 8.22. The van der Waals surface area contributed by atoms with Gasteiger partial charge in [-0.3, -0.25) is 4.90 Å². The standard InChI is InChI=1S/C13H22N2O2/c1-3-11(14)13(12-5-4-7-17-12)15-6-8-16-10(2)9-15/h4-5,7,10-11,13H,3,6,8-9,14H2,1-2H3. The van der Waals surface area contributed by atoms with Gasteiger partial charge in [-0.1, -0.05) is 6.92 Å². The SMILES string of the molecule is CCC(N)C(c1ccco1)N1CCOC(C)C1. The number of rotatable bonds is 4. The smallest absolute Gasteiger partial charge is 0.122 e. The third kappa shape index (κ3) is 2.89. The lowest BCUT2D eigenvalue weighted by Crippen LogP contribution is -2.48. The van der Waals surface area contributed by atoms with E-state index in [2.05, 4.69) is 18.7 Å². The average Bonchev–Trinajstić information content (AvgIpc) is 2.83. The van der Waals surface area contributed by atoms with E-state index in [1.165, 1.54) is 0 Å². The zero-order valence-electron chi connectivity index (χ0n) is 10.6. The second kappa shape index (κ2) is 5.67. The highest BCUT2D eigenvalue weighted by molar-refractivity contribution is 5.08. The molecular formula is C13H22N2O2. The lowest BCUT2D eigenvalue weighted by molar-refractivity contribution is -0.0419. The Bertz CT molecular complexity index is 326. The molecule has 1 aliphatic heterocycles. The van der Waals surface area contributed by atoms with Crippen molar-refractivity contribution in [1.82, 2.24) is 4.90 Å². The molecule has 3 unspecified atom stereocenters. The van der Waals surface area contributed by atoms with Gasteiger partial charge in [-0.25, -0.2) is 0 Å². The molecule has 2 N–H and O–H groups in total. The Morgan fingerprint density at radius 1 is 1.59 bits per heavy atom. The van der Waals surface area contributed by atoms with E-state index in [9.17, 15) is 0 Å². The van der Waals surface area contributed by atoms with Gasteiger partial charge in [-0.05, 0) is 25.5 Å². The van der Waals surface area contributed by atoms with E-state index in [0.717, 1.165) is 31.9 Å². The van der Waals surface area contributed by atoms with E-state index in [1.807, 2.05) is 12.1 Å². The van der Waals surface area contributed by atoms with Gasteiger partial charge in [0.25, 0.3) is 0 Å². The molecule has 4 heteroatoms. The summed E-state index contributed by atoms with van der Waals surface area (Å²) in [7, 11) is 0. The molecule has 1 saturated heterocycles. The molecule has 0 saturated carbocycles. The predicted molar refractivity (Wildman–Crippen MR) is 66.7 cm³/mol. The van der Waals surface area contributed by atoms with Crippen LogP contribution in [0.1, 0.15) is 32.1 Å². The molecule has 0 aromatic carbocycles. The molecule has 2 heterocycles. The highest BCUT2D eigenvalue weighted by Crippen LogP contribution is 2.27. The molecule has 1 aromatic rings. The first-order valence-corrected chi connectivity index (χ1v) is 6.37. The fourth-order valence-corrected chi connectivity index (χ4v) is 2.44. The molecule has 0 radical (unpaired) electrons. The minimum absolute atomic E-state index is 0.103. The van der Waals surface area contributed by atoms with Crippen molar-refractivity contribution in [3.63, 3.8) is 0 Å². The van der Waals surface area contributed by atoms with E-state index in [1.54, 1.807) is 6.26 Å². The second-order valence-corrected chi connectivity index (χ2v) is 4.71. The van der Waals surface area contributed by atoms with Crippen molar-refractivity contribution in [3.8, 4) is 0 Å². The van der Waals surface area contributed by atoms with Gasteiger partial charge in [-0.2, -0.15) is 0 Å². The molecule has 96 valence electrons. The van der Waals surface area contributed by atoms with E-state index < -0.39 is 0 Å². The van der Waals surface area contributed by atoms with Crippen LogP contribution in [-0.2, 0) is 4.74 Å². The monoisotopic (exact) mass is 238 g/mol. The summed E-state index contributed by atoms with van der Waals surface area (Å²) in [6.45, 7) is 6.82. The maximum absolute atomic E-state index is 6.24. The van der Waals surface area contributed by atoms with Gasteiger partial charge in [0, 0.05) is 19.1 Å². The number of hydrogen-bond acceptors (Lipinski definition) is 4. The van der Waals surface area contributed by atoms with Crippen molar-refractivity contribution < 1.29 is 9.15 Å². The summed E-state index contributed by atoms with van der Waals surface area (Å²) in [6.07, 6.45) is 2.93. The molecule has 0 aliphatic carbocycles. The minimum Gasteiger partial charge on any atom is -0.468 e. The molecule has 4 nitrogen and oxygen atoms in total. The van der Waals surface area contributed by atoms with Gasteiger partial charge < -0.3 is 14.9 Å². The minimum atomic E-state index is 0.103. The molecule has 3 atom stereocenters. The van der Waals surface area contributed by atoms with Crippen LogP contribution in [0.25, 0.3) is 0 Å². The lowest BCUT2D eigenvalue weighted by atomic mass is 10.0. The molecule has 17 heavy (non-hydrogen) atoms. The maximum atomic E-state index is 6.24. The Balaban J connectivity index is 2.15. The second-order valence-electron chi connectivity index (χ2n) is 4.71. The van der Waals surface area contributed by atoms with Crippen LogP contribution in [0.15, 0.2) is 22.8 Å². The summed E-state index contributed by atoms with van der Waals surface area (Å²) in [5, 5.41) is 0. The van der Waals surface area contributed by atoms with Gasteiger partial charge in [0.2, 0.25) is 0 Å². The molecule has 0 amide bonds. The molecule has 1 aromatic heterocycles. The first kappa shape index (κ1) is 12.6. The number of nitrogens with zero attached hydrogens (tertiary/aromatic N) is 1. The van der Waals surface area contributed by atoms with Crippen molar-refractivity contribution in [2.45, 2.75) is 38.5 Å². The largest absolute Gasteiger partial charge is 0.468 e. The predicted octanol–water partition coefficient (Wildman–Crippen LogP) is 1.78. The van der Waals surface area contributed by atoms with E-state index in [-0.39, 0.29) is 18.2 Å². The van der Waals surface area contributed by atoms with Crippen LogP contribution in [0.5, 0.6) is 0 Å². The normalized spacial score (nSPS) is 25.7. The zero-order chi connectivity index (χ0) is 12.3. The first-order valence-electron chi connectivity index (χ1n) is 6.37. The summed E-state index contributed by atoms with van der Waals surface area (Å²) in [6, 6.07) is 4.21. The van der Waals surface area contributed by atoms with Crippen molar-refractivity contribution in [3.05, 3.63) is 24.2 Å². The van der Waals surface area contributed by atoms with E-state index >= 15 is 0 Å². The topological polar surface area (TPSA) is 51.6 Å². The molecule has 0 bridgehead atoms. The van der Waals surface area contributed by atoms with Crippen molar-refractivity contribution in [2.75, 3.05) is 19.7 Å². The maximum Gasteiger partial charge on any atom is 0.122 e. The van der Waals surface area contributed by atoms with Crippen LogP contribution in [0.2, 0.25) is 0 Å². The average molecular weight is 238 g/mol. The van der Waals surface area contributed by atoms with E-state index in [4.69, 9.17) is 14.9 Å². The van der Waals surface area contributed by atoms with Crippen LogP contribution < -0.4 is 5.73 Å². The quantitative estimate of drug-likeness (QED) is 0.868. The van der Waals surface area contributed by atoms with E-state index in [0.29, 0.717) is 0 Å². The fourth-order valence-electron chi connectivity index (χ4n) is 2.44. The van der Waals surface area contributed by atoms with Crippen molar-refractivity contribution in [1.29, 1.82) is 0 Å². The van der Waals surface area contributed by atoms with Gasteiger partial charge in [0.15, 0.2) is 0 Å². The van der Waals surface area contributed by atoms with Gasteiger partial charge in [-0.15, -0.1) is 0 Å². The number of nitrogens with two attached hydrogens (primary N) is 1. The number of morpholine rings is 1. The molecule has 1 aliphatic rings. The zero-order valence-corrected chi connectivity index (χ0v) is 10.6. The summed E-state index contributed by atoms with van der Waals surface area (Å²) >= 11 is 0. The Hall–Kier alpha value is -0.840. The van der Waals surface area contributed by atoms with Gasteiger partial charge in [0.1, 0.15) is 5.76 Å². The lowest BCUT2D eigenvalue weighted by Gasteiger charge is -2.38. The fraction of sp³-hybridized carbons (Fsp3) is 0.692. The summed E-state index contributed by atoms with van der Waals surface area (Å²) in [5.41, 5.74) is 6.24. The molecule has 0 spiro atoms. The third-order valence-electron chi connectivity index (χ3n) is 3.38. The third-order valence-corrected chi connectivity index (χ3v) is 3.38. The Labute approximate surface area is 103 Å².